The summed E-state index contributed by atoms with van der Waals surface area (Å²) in [7, 11) is 0. The molecule has 82 valence electrons. The minimum atomic E-state index is 0.648. The molecule has 0 radical (unpaired) electrons. The third-order valence-electron chi connectivity index (χ3n) is 3.39. The van der Waals surface area contributed by atoms with Gasteiger partial charge in [0.05, 0.1) is 0 Å². The Kier molecular flexibility index (Phi) is 3.59. The Morgan fingerprint density at radius 1 is 1.13 bits per heavy atom. The number of nitrogens with one attached hydrogen (secondary N) is 1. The predicted octanol–water partition coefficient (Wildman–Crippen LogP) is 3.46. The Morgan fingerprint density at radius 2 is 1.87 bits per heavy atom. The first-order valence-corrected chi connectivity index (χ1v) is 6.03. The first kappa shape index (κ1) is 10.5. The van der Waals surface area contributed by atoms with Crippen molar-refractivity contribution in [3.05, 3.63) is 24.5 Å². The molecular weight excluding hydrogens is 184 g/mol. The normalized spacial score (nSPS) is 27.0. The summed E-state index contributed by atoms with van der Waals surface area (Å²) in [6.07, 6.45) is 10.5. The number of hydrogen-bond acceptors (Lipinski definition) is 2. The molecule has 2 nitrogen and oxygen atoms in total. The number of hydrogen-bond donors (Lipinski definition) is 1. The van der Waals surface area contributed by atoms with Gasteiger partial charge >= 0.3 is 0 Å². The summed E-state index contributed by atoms with van der Waals surface area (Å²) < 4.78 is 0. The molecule has 2 unspecified atom stereocenters. The zero-order valence-electron chi connectivity index (χ0n) is 9.45. The van der Waals surface area contributed by atoms with Crippen LogP contribution >= 0.6 is 0 Å². The number of nitrogens with zero attached hydrogens (tertiary/aromatic N) is 1. The molecule has 1 aromatic rings. The number of pyridine rings is 1. The molecule has 2 atom stereocenters. The zero-order valence-corrected chi connectivity index (χ0v) is 9.45. The highest BCUT2D eigenvalue weighted by molar-refractivity contribution is 5.41. The van der Waals surface area contributed by atoms with E-state index in [-0.39, 0.29) is 0 Å². The van der Waals surface area contributed by atoms with Crippen molar-refractivity contribution in [1.29, 1.82) is 0 Å². The van der Waals surface area contributed by atoms with Crippen LogP contribution in [0.4, 0.5) is 5.69 Å². The van der Waals surface area contributed by atoms with E-state index in [1.165, 1.54) is 37.8 Å². The Balaban J connectivity index is 1.97. The molecule has 0 aromatic carbocycles. The molecule has 15 heavy (non-hydrogen) atoms. The first-order chi connectivity index (χ1) is 7.36. The van der Waals surface area contributed by atoms with Gasteiger partial charge in [0.25, 0.3) is 0 Å². The van der Waals surface area contributed by atoms with Gasteiger partial charge in [-0.2, -0.15) is 0 Å². The largest absolute Gasteiger partial charge is 0.382 e. The molecule has 2 heteroatoms. The molecule has 1 aliphatic rings. The van der Waals surface area contributed by atoms with Gasteiger partial charge in [0.15, 0.2) is 0 Å². The maximum Gasteiger partial charge on any atom is 0.0373 e. The van der Waals surface area contributed by atoms with Crippen LogP contribution < -0.4 is 5.32 Å². The molecule has 1 saturated carbocycles. The fourth-order valence-corrected chi connectivity index (χ4v) is 2.37. The van der Waals surface area contributed by atoms with Gasteiger partial charge < -0.3 is 5.32 Å². The van der Waals surface area contributed by atoms with Crippen LogP contribution in [-0.4, -0.2) is 11.0 Å². The SMILES string of the molecule is CC1CCCCCC1Nc1ccncc1. The highest BCUT2D eigenvalue weighted by Crippen LogP contribution is 2.25. The van der Waals surface area contributed by atoms with Crippen molar-refractivity contribution in [3.8, 4) is 0 Å². The van der Waals surface area contributed by atoms with Crippen molar-refractivity contribution in [3.63, 3.8) is 0 Å². The van der Waals surface area contributed by atoms with Gasteiger partial charge in [-0.05, 0) is 30.9 Å². The molecule has 1 aromatic heterocycles. The molecule has 1 heterocycles. The maximum absolute atomic E-state index is 4.04. The van der Waals surface area contributed by atoms with Gasteiger partial charge in [-0.1, -0.05) is 26.2 Å². The molecule has 0 amide bonds. The average Bonchev–Trinajstić information content (AvgIpc) is 2.46. The van der Waals surface area contributed by atoms with Crippen LogP contribution in [0.15, 0.2) is 24.5 Å². The van der Waals surface area contributed by atoms with E-state index in [1.54, 1.807) is 0 Å². The van der Waals surface area contributed by atoms with E-state index in [4.69, 9.17) is 0 Å². The topological polar surface area (TPSA) is 24.9 Å². The molecule has 0 aliphatic heterocycles. The highest BCUT2D eigenvalue weighted by Gasteiger charge is 2.19. The quantitative estimate of drug-likeness (QED) is 0.746. The second-order valence-corrected chi connectivity index (χ2v) is 4.60. The van der Waals surface area contributed by atoms with Crippen molar-refractivity contribution >= 4 is 5.69 Å². The highest BCUT2D eigenvalue weighted by atomic mass is 14.9. The lowest BCUT2D eigenvalue weighted by molar-refractivity contribution is 0.456. The van der Waals surface area contributed by atoms with Crippen LogP contribution in [0.3, 0.4) is 0 Å². The van der Waals surface area contributed by atoms with Crippen molar-refractivity contribution in [2.45, 2.75) is 45.1 Å². The standard InChI is InChI=1S/C13H20N2/c1-11-5-3-2-4-6-13(11)15-12-7-9-14-10-8-12/h7-11,13H,2-6H2,1H3,(H,14,15). The van der Waals surface area contributed by atoms with Gasteiger partial charge in [-0.25, -0.2) is 0 Å². The predicted molar refractivity (Wildman–Crippen MR) is 63.9 cm³/mol. The maximum atomic E-state index is 4.04. The van der Waals surface area contributed by atoms with Crippen LogP contribution in [0.5, 0.6) is 0 Å². The molecule has 0 saturated heterocycles. The van der Waals surface area contributed by atoms with Crippen LogP contribution in [0.1, 0.15) is 39.0 Å². The molecule has 1 N–H and O–H groups in total. The van der Waals surface area contributed by atoms with E-state index in [0.717, 1.165) is 5.92 Å². The second kappa shape index (κ2) is 5.15. The van der Waals surface area contributed by atoms with E-state index in [9.17, 15) is 0 Å². The van der Waals surface area contributed by atoms with Crippen molar-refractivity contribution in [2.75, 3.05) is 5.32 Å². The molecule has 1 aliphatic carbocycles. The Bertz CT molecular complexity index is 284. The molecule has 1 fully saturated rings. The van der Waals surface area contributed by atoms with Crippen molar-refractivity contribution < 1.29 is 0 Å². The van der Waals surface area contributed by atoms with Gasteiger partial charge in [0.1, 0.15) is 0 Å². The summed E-state index contributed by atoms with van der Waals surface area (Å²) in [6.45, 7) is 2.37. The number of anilines is 1. The van der Waals surface area contributed by atoms with Crippen LogP contribution in [0.25, 0.3) is 0 Å². The molecule has 0 bridgehead atoms. The van der Waals surface area contributed by atoms with Crippen LogP contribution in [-0.2, 0) is 0 Å². The van der Waals surface area contributed by atoms with Gasteiger partial charge in [0, 0.05) is 24.1 Å². The molecule has 2 rings (SSSR count). The van der Waals surface area contributed by atoms with E-state index in [2.05, 4.69) is 29.4 Å². The van der Waals surface area contributed by atoms with E-state index < -0.39 is 0 Å². The minimum Gasteiger partial charge on any atom is -0.382 e. The van der Waals surface area contributed by atoms with E-state index in [1.807, 2.05) is 12.4 Å². The van der Waals surface area contributed by atoms with E-state index >= 15 is 0 Å². The Hall–Kier alpha value is -1.05. The summed E-state index contributed by atoms with van der Waals surface area (Å²) in [6, 6.07) is 4.75. The smallest absolute Gasteiger partial charge is 0.0373 e. The third-order valence-corrected chi connectivity index (χ3v) is 3.39. The summed E-state index contributed by atoms with van der Waals surface area (Å²) >= 11 is 0. The number of aromatic nitrogens is 1. The summed E-state index contributed by atoms with van der Waals surface area (Å²) in [5.41, 5.74) is 1.21. The lowest BCUT2D eigenvalue weighted by Crippen LogP contribution is -2.26. The summed E-state index contributed by atoms with van der Waals surface area (Å²) in [4.78, 5) is 4.04. The van der Waals surface area contributed by atoms with Gasteiger partial charge in [0.2, 0.25) is 0 Å². The first-order valence-electron chi connectivity index (χ1n) is 6.03. The van der Waals surface area contributed by atoms with E-state index in [0.29, 0.717) is 6.04 Å². The van der Waals surface area contributed by atoms with Crippen LogP contribution in [0.2, 0.25) is 0 Å². The fraction of sp³-hybridized carbons (Fsp3) is 0.615. The fourth-order valence-electron chi connectivity index (χ4n) is 2.37. The summed E-state index contributed by atoms with van der Waals surface area (Å²) in [5, 5.41) is 3.63. The van der Waals surface area contributed by atoms with Crippen molar-refractivity contribution in [2.24, 2.45) is 5.92 Å². The lowest BCUT2D eigenvalue weighted by atomic mass is 9.97. The average molecular weight is 204 g/mol. The van der Waals surface area contributed by atoms with Crippen LogP contribution in [0, 0.1) is 5.92 Å². The Labute approximate surface area is 92.1 Å². The van der Waals surface area contributed by atoms with Gasteiger partial charge in [-0.3, -0.25) is 4.98 Å². The number of rotatable bonds is 2. The summed E-state index contributed by atoms with van der Waals surface area (Å²) in [5.74, 6) is 0.792. The minimum absolute atomic E-state index is 0.648. The third kappa shape index (κ3) is 2.95. The molecule has 0 spiro atoms. The van der Waals surface area contributed by atoms with Crippen molar-refractivity contribution in [1.82, 2.24) is 4.98 Å². The Morgan fingerprint density at radius 3 is 2.67 bits per heavy atom. The zero-order chi connectivity index (χ0) is 10.5. The second-order valence-electron chi connectivity index (χ2n) is 4.60. The molecular formula is C13H20N2. The lowest BCUT2D eigenvalue weighted by Gasteiger charge is -2.23. The monoisotopic (exact) mass is 204 g/mol. The van der Waals surface area contributed by atoms with Gasteiger partial charge in [-0.15, -0.1) is 0 Å².